The van der Waals surface area contributed by atoms with E-state index in [1.807, 2.05) is 13.0 Å². The van der Waals surface area contributed by atoms with E-state index in [-0.39, 0.29) is 5.78 Å². The quantitative estimate of drug-likeness (QED) is 0.740. The summed E-state index contributed by atoms with van der Waals surface area (Å²) in [6.07, 6.45) is 1.000. The van der Waals surface area contributed by atoms with E-state index < -0.39 is 5.91 Å². The van der Waals surface area contributed by atoms with Gasteiger partial charge in [0.25, 0.3) is 5.91 Å². The van der Waals surface area contributed by atoms with Crippen molar-refractivity contribution in [1.29, 1.82) is 0 Å². The van der Waals surface area contributed by atoms with Crippen molar-refractivity contribution in [3.63, 3.8) is 0 Å². The van der Waals surface area contributed by atoms with Gasteiger partial charge in [0.05, 0.1) is 0 Å². The molecule has 0 heterocycles. The van der Waals surface area contributed by atoms with E-state index in [9.17, 15) is 9.59 Å². The fraction of sp³-hybridized carbons (Fsp3) is 0.273. The van der Waals surface area contributed by atoms with Crippen LogP contribution < -0.4 is 5.32 Å². The Hall–Kier alpha value is -1.64. The molecule has 0 spiro atoms. The largest absolute Gasteiger partial charge is 0.319 e. The third-order valence-corrected chi connectivity index (χ3v) is 1.76. The lowest BCUT2D eigenvalue weighted by Gasteiger charge is -2.02. The Bertz CT molecular complexity index is 319. The van der Waals surface area contributed by atoms with Crippen LogP contribution in [0.2, 0.25) is 0 Å². The van der Waals surface area contributed by atoms with Crippen molar-refractivity contribution < 1.29 is 9.59 Å². The highest BCUT2D eigenvalue weighted by Crippen LogP contribution is 2.05. The van der Waals surface area contributed by atoms with Crippen LogP contribution in [0.5, 0.6) is 0 Å². The molecule has 0 fully saturated rings. The van der Waals surface area contributed by atoms with E-state index in [1.54, 1.807) is 24.3 Å². The van der Waals surface area contributed by atoms with E-state index in [0.717, 1.165) is 0 Å². The number of anilines is 1. The second kappa shape index (κ2) is 5.17. The van der Waals surface area contributed by atoms with Crippen LogP contribution in [0.1, 0.15) is 19.8 Å². The highest BCUT2D eigenvalue weighted by molar-refractivity contribution is 6.40. The number of Topliss-reactive ketones (excluding diaryl/α,β-unsaturated/α-hetero) is 1. The van der Waals surface area contributed by atoms with Crippen LogP contribution >= 0.6 is 0 Å². The van der Waals surface area contributed by atoms with Gasteiger partial charge in [-0.15, -0.1) is 0 Å². The molecule has 0 aliphatic heterocycles. The maximum Gasteiger partial charge on any atom is 0.291 e. The molecule has 0 aliphatic rings. The van der Waals surface area contributed by atoms with E-state index in [0.29, 0.717) is 18.5 Å². The van der Waals surface area contributed by atoms with Gasteiger partial charge < -0.3 is 5.32 Å². The molecule has 0 atom stereocenters. The molecular formula is C11H13NO2. The van der Waals surface area contributed by atoms with Crippen molar-refractivity contribution in [1.82, 2.24) is 0 Å². The monoisotopic (exact) mass is 191 g/mol. The Morgan fingerprint density at radius 1 is 1.21 bits per heavy atom. The molecule has 1 amide bonds. The summed E-state index contributed by atoms with van der Waals surface area (Å²) in [6.45, 7) is 1.87. The first kappa shape index (κ1) is 10.4. The van der Waals surface area contributed by atoms with Gasteiger partial charge in [0.15, 0.2) is 0 Å². The van der Waals surface area contributed by atoms with Crippen molar-refractivity contribution in [2.24, 2.45) is 0 Å². The number of carbonyl (C=O) groups is 2. The molecular weight excluding hydrogens is 178 g/mol. The highest BCUT2D eigenvalue weighted by Gasteiger charge is 2.11. The zero-order valence-corrected chi connectivity index (χ0v) is 8.12. The molecule has 1 aromatic carbocycles. The lowest BCUT2D eigenvalue weighted by Crippen LogP contribution is -2.22. The highest BCUT2D eigenvalue weighted by atomic mass is 16.2. The molecule has 3 heteroatoms. The van der Waals surface area contributed by atoms with Gasteiger partial charge in [-0.2, -0.15) is 0 Å². The smallest absolute Gasteiger partial charge is 0.291 e. The average molecular weight is 191 g/mol. The molecule has 0 aliphatic carbocycles. The Morgan fingerprint density at radius 3 is 2.43 bits per heavy atom. The zero-order chi connectivity index (χ0) is 10.4. The third kappa shape index (κ3) is 3.01. The minimum atomic E-state index is -0.530. The number of hydrogen-bond donors (Lipinski definition) is 1. The third-order valence-electron chi connectivity index (χ3n) is 1.76. The van der Waals surface area contributed by atoms with Gasteiger partial charge >= 0.3 is 0 Å². The van der Waals surface area contributed by atoms with E-state index in [4.69, 9.17) is 0 Å². The Labute approximate surface area is 83.1 Å². The van der Waals surface area contributed by atoms with Gasteiger partial charge in [-0.1, -0.05) is 25.1 Å². The number of hydrogen-bond acceptors (Lipinski definition) is 2. The van der Waals surface area contributed by atoms with Gasteiger partial charge in [0, 0.05) is 12.1 Å². The second-order valence-corrected chi connectivity index (χ2v) is 2.99. The summed E-state index contributed by atoms with van der Waals surface area (Å²) >= 11 is 0. The van der Waals surface area contributed by atoms with Crippen LogP contribution in [0.25, 0.3) is 0 Å². The first-order valence-corrected chi connectivity index (χ1v) is 4.63. The Balaban J connectivity index is 2.53. The lowest BCUT2D eigenvalue weighted by atomic mass is 10.2. The van der Waals surface area contributed by atoms with Crippen molar-refractivity contribution in [3.05, 3.63) is 30.3 Å². The van der Waals surface area contributed by atoms with Crippen molar-refractivity contribution >= 4 is 17.4 Å². The molecule has 0 saturated carbocycles. The van der Waals surface area contributed by atoms with Crippen LogP contribution in [-0.4, -0.2) is 11.7 Å². The fourth-order valence-corrected chi connectivity index (χ4v) is 1.06. The standard InChI is InChI=1S/C11H13NO2/c1-2-6-10(13)11(14)12-9-7-4-3-5-8-9/h3-5,7-8H,2,6H2,1H3,(H,12,14). The van der Waals surface area contributed by atoms with Gasteiger partial charge in [0.1, 0.15) is 0 Å². The molecule has 1 rings (SSSR count). The van der Waals surface area contributed by atoms with Crippen LogP contribution in [-0.2, 0) is 9.59 Å². The predicted octanol–water partition coefficient (Wildman–Crippen LogP) is 1.99. The molecule has 0 bridgehead atoms. The minimum Gasteiger partial charge on any atom is -0.319 e. The van der Waals surface area contributed by atoms with Gasteiger partial charge in [-0.05, 0) is 18.6 Å². The Kier molecular flexibility index (Phi) is 3.85. The van der Waals surface area contributed by atoms with Crippen LogP contribution in [0.15, 0.2) is 30.3 Å². The van der Waals surface area contributed by atoms with Crippen molar-refractivity contribution in [2.45, 2.75) is 19.8 Å². The molecule has 0 radical (unpaired) electrons. The number of carbonyl (C=O) groups excluding carboxylic acids is 2. The predicted molar refractivity (Wildman–Crippen MR) is 55.0 cm³/mol. The van der Waals surface area contributed by atoms with E-state index in [1.165, 1.54) is 0 Å². The summed E-state index contributed by atoms with van der Waals surface area (Å²) < 4.78 is 0. The number of nitrogens with one attached hydrogen (secondary N) is 1. The van der Waals surface area contributed by atoms with Crippen LogP contribution in [0, 0.1) is 0 Å². The normalized spacial score (nSPS) is 9.50. The molecule has 14 heavy (non-hydrogen) atoms. The first-order chi connectivity index (χ1) is 6.74. The molecule has 0 aromatic heterocycles. The number of para-hydroxylation sites is 1. The van der Waals surface area contributed by atoms with Gasteiger partial charge in [-0.25, -0.2) is 0 Å². The summed E-state index contributed by atoms with van der Waals surface area (Å²) in [5.74, 6) is -0.894. The maximum atomic E-state index is 11.2. The zero-order valence-electron chi connectivity index (χ0n) is 8.12. The second-order valence-electron chi connectivity index (χ2n) is 2.99. The fourth-order valence-electron chi connectivity index (χ4n) is 1.06. The molecule has 3 nitrogen and oxygen atoms in total. The van der Waals surface area contributed by atoms with Crippen LogP contribution in [0.3, 0.4) is 0 Å². The van der Waals surface area contributed by atoms with Crippen LogP contribution in [0.4, 0.5) is 5.69 Å². The summed E-state index contributed by atoms with van der Waals surface area (Å²) in [7, 11) is 0. The topological polar surface area (TPSA) is 46.2 Å². The summed E-state index contributed by atoms with van der Waals surface area (Å²) in [6, 6.07) is 8.96. The van der Waals surface area contributed by atoms with Gasteiger partial charge in [-0.3, -0.25) is 9.59 Å². The maximum absolute atomic E-state index is 11.2. The number of ketones is 1. The summed E-state index contributed by atoms with van der Waals surface area (Å²) in [4.78, 5) is 22.4. The number of benzene rings is 1. The summed E-state index contributed by atoms with van der Waals surface area (Å²) in [5, 5.41) is 2.54. The Morgan fingerprint density at radius 2 is 1.86 bits per heavy atom. The molecule has 0 unspecified atom stereocenters. The van der Waals surface area contributed by atoms with E-state index >= 15 is 0 Å². The SMILES string of the molecule is CCCC(=O)C(=O)Nc1ccccc1. The molecule has 74 valence electrons. The lowest BCUT2D eigenvalue weighted by molar-refractivity contribution is -0.134. The number of amides is 1. The molecule has 0 saturated heterocycles. The number of rotatable bonds is 4. The first-order valence-electron chi connectivity index (χ1n) is 4.63. The summed E-state index contributed by atoms with van der Waals surface area (Å²) in [5.41, 5.74) is 0.655. The van der Waals surface area contributed by atoms with Gasteiger partial charge in [0.2, 0.25) is 5.78 Å². The molecule has 1 aromatic rings. The van der Waals surface area contributed by atoms with Crippen molar-refractivity contribution in [2.75, 3.05) is 5.32 Å². The van der Waals surface area contributed by atoms with E-state index in [2.05, 4.69) is 5.32 Å². The average Bonchev–Trinajstić information content (AvgIpc) is 2.19. The molecule has 1 N–H and O–H groups in total. The van der Waals surface area contributed by atoms with Crippen molar-refractivity contribution in [3.8, 4) is 0 Å². The minimum absolute atomic E-state index is 0.304.